The van der Waals surface area contributed by atoms with Crippen LogP contribution in [0.1, 0.15) is 278 Å². The monoisotopic (exact) mass is 1140 g/mol. The lowest BCUT2D eigenvalue weighted by Crippen LogP contribution is -2.61. The van der Waals surface area contributed by atoms with Gasteiger partial charge >= 0.3 is 23.9 Å². The quantitative estimate of drug-likeness (QED) is 0.0228. The minimum atomic E-state index is -1.91. The van der Waals surface area contributed by atoms with Crippen molar-refractivity contribution in [3.05, 3.63) is 85.1 Å². The number of aliphatic hydroxyl groups excluding tert-OH is 2. The zero-order valence-corrected chi connectivity index (χ0v) is 51.3. The molecule has 0 aliphatic carbocycles. The standard InChI is InChI=1S/C69H116O12/c1-4-7-10-13-16-19-22-25-27-29-31-33-35-38-40-43-46-49-52-55-61(70)77-58-60(79-62(71)56-53-50-47-44-42-39-36-34-32-30-28-26-23-20-17-14-11-8-5-2)59-78-69-67(65(74)64(73)66(81-69)68(75)76)80-63(72)57-54-51-48-45-41-37-24-21-18-15-12-9-6-3/h7,10,16,19,25-28,31,33,38,40,46,49,60,64-67,69,73-74H,4-6,8-9,11-15,17-18,20-24,29-30,32,34-37,39,41-45,47-48,50-59H2,1-3H3,(H,75,76)/b10-7-,19-16-,27-25-,28-26-,33-31-,40-38-,49-46-. The van der Waals surface area contributed by atoms with Gasteiger partial charge in [0.25, 0.3) is 0 Å². The van der Waals surface area contributed by atoms with Crippen molar-refractivity contribution in [3.8, 4) is 0 Å². The van der Waals surface area contributed by atoms with Gasteiger partial charge in [-0.3, -0.25) is 14.4 Å². The van der Waals surface area contributed by atoms with Gasteiger partial charge in [0.1, 0.15) is 18.8 Å². The van der Waals surface area contributed by atoms with Gasteiger partial charge in [-0.05, 0) is 83.5 Å². The molecule has 3 N–H and O–H groups in total. The summed E-state index contributed by atoms with van der Waals surface area (Å²) in [4.78, 5) is 51.3. The van der Waals surface area contributed by atoms with E-state index in [-0.39, 0.29) is 25.9 Å². The maximum absolute atomic E-state index is 13.2. The Labute approximate surface area is 492 Å². The second-order valence-corrected chi connectivity index (χ2v) is 22.0. The Bertz CT molecular complexity index is 1730. The van der Waals surface area contributed by atoms with E-state index in [0.29, 0.717) is 19.3 Å². The zero-order valence-electron chi connectivity index (χ0n) is 51.3. The maximum Gasteiger partial charge on any atom is 0.335 e. The van der Waals surface area contributed by atoms with Gasteiger partial charge in [-0.1, -0.05) is 260 Å². The van der Waals surface area contributed by atoms with E-state index in [4.69, 9.17) is 23.7 Å². The Morgan fingerprint density at radius 1 is 0.420 bits per heavy atom. The van der Waals surface area contributed by atoms with Gasteiger partial charge < -0.3 is 39.0 Å². The lowest BCUT2D eigenvalue weighted by Gasteiger charge is -2.40. The molecule has 0 aromatic carbocycles. The van der Waals surface area contributed by atoms with Crippen LogP contribution in [-0.4, -0.2) is 89.2 Å². The Balaban J connectivity index is 2.70. The highest BCUT2D eigenvalue weighted by Gasteiger charge is 2.50. The summed E-state index contributed by atoms with van der Waals surface area (Å²) >= 11 is 0. The SMILES string of the molecule is CC/C=C\C/C=C\C/C=C\C/C=C\C/C=C\C/C=C\CCC(=O)OCC(COC1OC(C(=O)O)C(O)C(O)C1OC(=O)CCCCCCCCCCCCCCC)OC(=O)CCCCCCCCCCC/C=C\CCCCCCCC. The molecule has 464 valence electrons. The molecule has 0 bridgehead atoms. The summed E-state index contributed by atoms with van der Waals surface area (Å²) in [6.07, 6.45) is 61.3. The van der Waals surface area contributed by atoms with Crippen LogP contribution in [0.5, 0.6) is 0 Å². The van der Waals surface area contributed by atoms with Crippen molar-refractivity contribution in [2.24, 2.45) is 0 Å². The number of carbonyl (C=O) groups is 4. The van der Waals surface area contributed by atoms with E-state index in [1.54, 1.807) is 0 Å². The molecule has 0 saturated carbocycles. The van der Waals surface area contributed by atoms with Gasteiger partial charge in [-0.2, -0.15) is 0 Å². The van der Waals surface area contributed by atoms with E-state index in [1.165, 1.54) is 122 Å². The summed E-state index contributed by atoms with van der Waals surface area (Å²) in [5, 5.41) is 31.6. The number of aliphatic carboxylic acids is 1. The van der Waals surface area contributed by atoms with Crippen molar-refractivity contribution in [1.29, 1.82) is 0 Å². The van der Waals surface area contributed by atoms with Crippen molar-refractivity contribution >= 4 is 23.9 Å². The molecule has 1 heterocycles. The summed E-state index contributed by atoms with van der Waals surface area (Å²) in [7, 11) is 0. The van der Waals surface area contributed by atoms with Crippen molar-refractivity contribution in [1.82, 2.24) is 0 Å². The first-order valence-electron chi connectivity index (χ1n) is 32.6. The molecule has 6 atom stereocenters. The Morgan fingerprint density at radius 3 is 1.23 bits per heavy atom. The number of carboxylic acids is 1. The topological polar surface area (TPSA) is 175 Å². The minimum Gasteiger partial charge on any atom is -0.479 e. The number of hydrogen-bond acceptors (Lipinski definition) is 11. The highest BCUT2D eigenvalue weighted by molar-refractivity contribution is 5.74. The molecule has 12 nitrogen and oxygen atoms in total. The van der Waals surface area contributed by atoms with E-state index in [1.807, 2.05) is 12.2 Å². The average Bonchev–Trinajstić information content (AvgIpc) is 3.46. The molecule has 1 saturated heterocycles. The number of esters is 3. The van der Waals surface area contributed by atoms with Crippen LogP contribution in [0.3, 0.4) is 0 Å². The smallest absolute Gasteiger partial charge is 0.335 e. The fourth-order valence-corrected chi connectivity index (χ4v) is 9.51. The summed E-state index contributed by atoms with van der Waals surface area (Å²) in [5.74, 6) is -3.22. The van der Waals surface area contributed by atoms with Crippen LogP contribution < -0.4 is 0 Å². The Hall–Kier alpha value is -4.10. The molecular weight excluding hydrogens is 1020 g/mol. The van der Waals surface area contributed by atoms with Crippen LogP contribution in [0.15, 0.2) is 85.1 Å². The van der Waals surface area contributed by atoms with Crippen molar-refractivity contribution in [2.45, 2.75) is 314 Å². The van der Waals surface area contributed by atoms with Crippen LogP contribution in [0, 0.1) is 0 Å². The van der Waals surface area contributed by atoms with Crippen LogP contribution in [-0.2, 0) is 42.9 Å². The largest absolute Gasteiger partial charge is 0.479 e. The first-order valence-corrected chi connectivity index (χ1v) is 32.6. The molecule has 1 aliphatic rings. The number of carboxylic acid groups (broad SMARTS) is 1. The molecule has 81 heavy (non-hydrogen) atoms. The van der Waals surface area contributed by atoms with Gasteiger partial charge in [0, 0.05) is 19.3 Å². The third-order valence-corrected chi connectivity index (χ3v) is 14.5. The third kappa shape index (κ3) is 46.0. The average molecular weight is 1140 g/mol. The van der Waals surface area contributed by atoms with E-state index >= 15 is 0 Å². The van der Waals surface area contributed by atoms with Crippen LogP contribution in [0.4, 0.5) is 0 Å². The van der Waals surface area contributed by atoms with Gasteiger partial charge in [-0.15, -0.1) is 0 Å². The van der Waals surface area contributed by atoms with Gasteiger partial charge in [-0.25, -0.2) is 4.79 Å². The highest BCUT2D eigenvalue weighted by atomic mass is 16.7. The fourth-order valence-electron chi connectivity index (χ4n) is 9.51. The number of hydrogen-bond donors (Lipinski definition) is 3. The normalized spacial score (nSPS) is 18.3. The van der Waals surface area contributed by atoms with Crippen molar-refractivity contribution in [3.63, 3.8) is 0 Å². The molecule has 0 aromatic rings. The first kappa shape index (κ1) is 74.9. The molecule has 0 amide bonds. The van der Waals surface area contributed by atoms with E-state index in [9.17, 15) is 34.5 Å². The summed E-state index contributed by atoms with van der Waals surface area (Å²) in [5.41, 5.74) is 0. The number of rotatable bonds is 55. The predicted molar refractivity (Wildman–Crippen MR) is 331 cm³/mol. The lowest BCUT2D eigenvalue weighted by molar-refractivity contribution is -0.301. The molecule has 1 rings (SSSR count). The first-order chi connectivity index (χ1) is 39.6. The summed E-state index contributed by atoms with van der Waals surface area (Å²) < 4.78 is 28.4. The molecule has 0 spiro atoms. The number of allylic oxidation sites excluding steroid dienone is 14. The van der Waals surface area contributed by atoms with Crippen LogP contribution in [0.2, 0.25) is 0 Å². The highest BCUT2D eigenvalue weighted by Crippen LogP contribution is 2.27. The number of unbranched alkanes of at least 4 members (excludes halogenated alkanes) is 27. The Morgan fingerprint density at radius 2 is 0.802 bits per heavy atom. The van der Waals surface area contributed by atoms with Gasteiger partial charge in [0.15, 0.2) is 24.6 Å². The number of aliphatic hydroxyl groups is 2. The molecule has 0 aromatic heterocycles. The molecular formula is C69H116O12. The second-order valence-electron chi connectivity index (χ2n) is 22.0. The third-order valence-electron chi connectivity index (χ3n) is 14.5. The molecule has 1 fully saturated rings. The van der Waals surface area contributed by atoms with E-state index in [0.717, 1.165) is 96.3 Å². The molecule has 1 aliphatic heterocycles. The van der Waals surface area contributed by atoms with Crippen LogP contribution in [0.25, 0.3) is 0 Å². The van der Waals surface area contributed by atoms with E-state index < -0.39 is 67.3 Å². The summed E-state index contributed by atoms with van der Waals surface area (Å²) in [6, 6.07) is 0. The minimum absolute atomic E-state index is 0.0540. The van der Waals surface area contributed by atoms with E-state index in [2.05, 4.69) is 93.7 Å². The van der Waals surface area contributed by atoms with Crippen molar-refractivity contribution in [2.75, 3.05) is 13.2 Å². The van der Waals surface area contributed by atoms with Gasteiger partial charge in [0.2, 0.25) is 0 Å². The van der Waals surface area contributed by atoms with Gasteiger partial charge in [0.05, 0.1) is 6.61 Å². The Kier molecular flexibility index (Phi) is 52.1. The number of carbonyl (C=O) groups excluding carboxylic acids is 3. The van der Waals surface area contributed by atoms with Crippen molar-refractivity contribution < 1.29 is 58.2 Å². The molecule has 12 heteroatoms. The molecule has 0 radical (unpaired) electrons. The number of ether oxygens (including phenoxy) is 5. The predicted octanol–water partition coefficient (Wildman–Crippen LogP) is 17.5. The van der Waals surface area contributed by atoms with Crippen LogP contribution >= 0.6 is 0 Å². The summed E-state index contributed by atoms with van der Waals surface area (Å²) in [6.45, 7) is 5.83. The zero-order chi connectivity index (χ0) is 58.9. The maximum atomic E-state index is 13.2. The second kappa shape index (κ2) is 56.4. The fraction of sp³-hybridized carbons (Fsp3) is 0.739. The lowest BCUT2D eigenvalue weighted by atomic mass is 9.98. The molecule has 6 unspecified atom stereocenters.